The molecule has 0 atom stereocenters. The molecule has 0 aliphatic heterocycles. The van der Waals surface area contributed by atoms with Crippen LogP contribution in [0.4, 0.5) is 5.69 Å². The standard InChI is InChI=1S/C25H28N4O2S/c1-5-15-29-22(16-18-9-7-6-8-10-18)27-28-24(29)32-17-21(30)19-11-13-20(14-12-19)26-23(31)25(2,3)4/h5-14H,1,15-17H2,2-4H3,(H,26,31). The highest BCUT2D eigenvalue weighted by Gasteiger charge is 2.21. The monoisotopic (exact) mass is 448 g/mol. The number of hydrogen-bond acceptors (Lipinski definition) is 5. The van der Waals surface area contributed by atoms with Gasteiger partial charge in [-0.3, -0.25) is 9.59 Å². The first-order valence-corrected chi connectivity index (χ1v) is 11.4. The van der Waals surface area contributed by atoms with Crippen LogP contribution in [0.25, 0.3) is 0 Å². The maximum absolute atomic E-state index is 12.7. The molecule has 0 unspecified atom stereocenters. The molecular weight excluding hydrogens is 420 g/mol. The van der Waals surface area contributed by atoms with Crippen molar-refractivity contribution in [2.24, 2.45) is 5.41 Å². The maximum Gasteiger partial charge on any atom is 0.229 e. The number of aromatic nitrogens is 3. The van der Waals surface area contributed by atoms with E-state index in [0.717, 1.165) is 11.4 Å². The summed E-state index contributed by atoms with van der Waals surface area (Å²) in [6.45, 7) is 9.97. The average Bonchev–Trinajstić information content (AvgIpc) is 3.14. The summed E-state index contributed by atoms with van der Waals surface area (Å²) in [6, 6.07) is 17.0. The van der Waals surface area contributed by atoms with Gasteiger partial charge in [0.15, 0.2) is 10.9 Å². The SMILES string of the molecule is C=CCn1c(Cc2ccccc2)nnc1SCC(=O)c1ccc(NC(=O)C(C)(C)C)cc1. The number of rotatable bonds is 9. The minimum Gasteiger partial charge on any atom is -0.326 e. The second-order valence-electron chi connectivity index (χ2n) is 8.45. The third-order valence-corrected chi connectivity index (χ3v) is 5.76. The molecule has 0 spiro atoms. The third-order valence-electron chi connectivity index (χ3n) is 4.79. The van der Waals surface area contributed by atoms with Crippen LogP contribution >= 0.6 is 11.8 Å². The van der Waals surface area contributed by atoms with Gasteiger partial charge in [0.05, 0.1) is 5.75 Å². The molecule has 2 aromatic carbocycles. The molecule has 0 bridgehead atoms. The van der Waals surface area contributed by atoms with Gasteiger partial charge in [-0.1, -0.05) is 68.9 Å². The summed E-state index contributed by atoms with van der Waals surface area (Å²) in [6.07, 6.45) is 2.46. The van der Waals surface area contributed by atoms with Crippen molar-refractivity contribution in [1.29, 1.82) is 0 Å². The fourth-order valence-electron chi connectivity index (χ4n) is 2.92. The average molecular weight is 449 g/mol. The summed E-state index contributed by atoms with van der Waals surface area (Å²) < 4.78 is 1.99. The Labute approximate surface area is 193 Å². The second kappa shape index (κ2) is 10.4. The van der Waals surface area contributed by atoms with Crippen LogP contribution in [0.3, 0.4) is 0 Å². The van der Waals surface area contributed by atoms with E-state index in [1.807, 2.05) is 43.5 Å². The summed E-state index contributed by atoms with van der Waals surface area (Å²) in [7, 11) is 0. The fourth-order valence-corrected chi connectivity index (χ4v) is 3.78. The van der Waals surface area contributed by atoms with Crippen LogP contribution in [0.1, 0.15) is 42.5 Å². The maximum atomic E-state index is 12.7. The molecule has 0 radical (unpaired) electrons. The largest absolute Gasteiger partial charge is 0.326 e. The number of nitrogens with one attached hydrogen (secondary N) is 1. The molecule has 32 heavy (non-hydrogen) atoms. The molecule has 6 nitrogen and oxygen atoms in total. The van der Waals surface area contributed by atoms with E-state index in [9.17, 15) is 9.59 Å². The molecular formula is C25H28N4O2S. The number of carbonyl (C=O) groups excluding carboxylic acids is 2. The highest BCUT2D eigenvalue weighted by Crippen LogP contribution is 2.22. The first-order valence-electron chi connectivity index (χ1n) is 10.4. The molecule has 3 rings (SSSR count). The zero-order valence-corrected chi connectivity index (χ0v) is 19.5. The summed E-state index contributed by atoms with van der Waals surface area (Å²) >= 11 is 1.36. The minimum absolute atomic E-state index is 0.0125. The summed E-state index contributed by atoms with van der Waals surface area (Å²) in [4.78, 5) is 24.8. The van der Waals surface area contributed by atoms with E-state index < -0.39 is 5.41 Å². The topological polar surface area (TPSA) is 76.9 Å². The van der Waals surface area contributed by atoms with Crippen molar-refractivity contribution >= 4 is 29.1 Å². The Bertz CT molecular complexity index is 1080. The highest BCUT2D eigenvalue weighted by atomic mass is 32.2. The first-order chi connectivity index (χ1) is 15.3. The van der Waals surface area contributed by atoms with Crippen LogP contribution in [-0.4, -0.2) is 32.2 Å². The second-order valence-corrected chi connectivity index (χ2v) is 9.40. The molecule has 1 aromatic heterocycles. The van der Waals surface area contributed by atoms with E-state index in [1.165, 1.54) is 11.8 Å². The lowest BCUT2D eigenvalue weighted by Gasteiger charge is -2.17. The van der Waals surface area contributed by atoms with E-state index >= 15 is 0 Å². The molecule has 166 valence electrons. The molecule has 3 aromatic rings. The predicted molar refractivity (Wildman–Crippen MR) is 129 cm³/mol. The van der Waals surface area contributed by atoms with Gasteiger partial charge < -0.3 is 9.88 Å². The number of Topliss-reactive ketones (excluding diaryl/α,β-unsaturated/α-hetero) is 1. The van der Waals surface area contributed by atoms with Crippen LogP contribution in [0.5, 0.6) is 0 Å². The zero-order chi connectivity index (χ0) is 23.1. The molecule has 0 saturated heterocycles. The zero-order valence-electron chi connectivity index (χ0n) is 18.7. The Balaban J connectivity index is 1.64. The Morgan fingerprint density at radius 2 is 1.75 bits per heavy atom. The lowest BCUT2D eigenvalue weighted by atomic mass is 9.95. The Morgan fingerprint density at radius 3 is 2.38 bits per heavy atom. The number of nitrogens with zero attached hydrogens (tertiary/aromatic N) is 3. The van der Waals surface area contributed by atoms with E-state index in [-0.39, 0.29) is 17.4 Å². The van der Waals surface area contributed by atoms with Crippen molar-refractivity contribution in [2.75, 3.05) is 11.1 Å². The summed E-state index contributed by atoms with van der Waals surface area (Å²) in [5, 5.41) is 12.2. The van der Waals surface area contributed by atoms with Gasteiger partial charge >= 0.3 is 0 Å². The molecule has 1 heterocycles. The third kappa shape index (κ3) is 6.17. The Kier molecular flexibility index (Phi) is 7.64. The summed E-state index contributed by atoms with van der Waals surface area (Å²) in [5.41, 5.74) is 1.93. The van der Waals surface area contributed by atoms with Gasteiger partial charge in [-0.05, 0) is 29.8 Å². The van der Waals surface area contributed by atoms with Crippen LogP contribution < -0.4 is 5.32 Å². The quantitative estimate of drug-likeness (QED) is 0.283. The number of anilines is 1. The van der Waals surface area contributed by atoms with E-state index in [4.69, 9.17) is 0 Å². The molecule has 7 heteroatoms. The van der Waals surface area contributed by atoms with Crippen LogP contribution in [0.15, 0.2) is 72.4 Å². The van der Waals surface area contributed by atoms with Crippen LogP contribution in [0.2, 0.25) is 0 Å². The molecule has 0 aliphatic carbocycles. The molecule has 1 N–H and O–H groups in total. The van der Waals surface area contributed by atoms with Crippen molar-refractivity contribution in [2.45, 2.75) is 38.9 Å². The van der Waals surface area contributed by atoms with E-state index in [1.54, 1.807) is 30.3 Å². The van der Waals surface area contributed by atoms with Crippen molar-refractivity contribution in [3.8, 4) is 0 Å². The lowest BCUT2D eigenvalue weighted by molar-refractivity contribution is -0.123. The number of hydrogen-bond donors (Lipinski definition) is 1. The van der Waals surface area contributed by atoms with Crippen molar-refractivity contribution < 1.29 is 9.59 Å². The molecule has 0 saturated carbocycles. The fraction of sp³-hybridized carbons (Fsp3) is 0.280. The van der Waals surface area contributed by atoms with E-state index in [2.05, 4.69) is 34.2 Å². The van der Waals surface area contributed by atoms with Gasteiger partial charge in [-0.25, -0.2) is 0 Å². The van der Waals surface area contributed by atoms with Crippen molar-refractivity contribution in [3.63, 3.8) is 0 Å². The highest BCUT2D eigenvalue weighted by molar-refractivity contribution is 7.99. The number of thioether (sulfide) groups is 1. The van der Waals surface area contributed by atoms with Crippen LogP contribution in [-0.2, 0) is 17.8 Å². The van der Waals surface area contributed by atoms with Crippen molar-refractivity contribution in [3.05, 3.63) is 84.2 Å². The number of allylic oxidation sites excluding steroid dienone is 1. The van der Waals surface area contributed by atoms with Gasteiger partial charge in [0.1, 0.15) is 5.82 Å². The number of benzene rings is 2. The smallest absolute Gasteiger partial charge is 0.229 e. The van der Waals surface area contributed by atoms with Crippen molar-refractivity contribution in [1.82, 2.24) is 14.8 Å². The number of ketones is 1. The first kappa shape index (κ1) is 23.5. The normalized spacial score (nSPS) is 11.2. The van der Waals surface area contributed by atoms with Gasteiger partial charge in [0, 0.05) is 29.6 Å². The van der Waals surface area contributed by atoms with Gasteiger partial charge in [0.2, 0.25) is 5.91 Å². The van der Waals surface area contributed by atoms with Gasteiger partial charge in [0.25, 0.3) is 0 Å². The minimum atomic E-state index is -0.480. The molecule has 0 aliphatic rings. The lowest BCUT2D eigenvalue weighted by Crippen LogP contribution is -2.27. The number of amides is 1. The van der Waals surface area contributed by atoms with Crippen LogP contribution in [0, 0.1) is 5.41 Å². The molecule has 1 amide bonds. The van der Waals surface area contributed by atoms with E-state index in [0.29, 0.717) is 29.4 Å². The number of carbonyl (C=O) groups is 2. The molecule has 0 fully saturated rings. The van der Waals surface area contributed by atoms with Gasteiger partial charge in [-0.2, -0.15) is 0 Å². The predicted octanol–water partition coefficient (Wildman–Crippen LogP) is 5.01. The Hall–Kier alpha value is -3.19. The summed E-state index contributed by atoms with van der Waals surface area (Å²) in [5.74, 6) is 1.00. The Morgan fingerprint density at radius 1 is 1.06 bits per heavy atom. The van der Waals surface area contributed by atoms with Gasteiger partial charge in [-0.15, -0.1) is 16.8 Å².